The molecule has 5 nitrogen and oxygen atoms in total. The number of hydrazine groups is 1. The summed E-state index contributed by atoms with van der Waals surface area (Å²) in [6.45, 7) is 2.97. The molecular formula is C16H23N3O2. The van der Waals surface area contributed by atoms with Crippen molar-refractivity contribution in [2.24, 2.45) is 5.92 Å². The smallest absolute Gasteiger partial charge is 0.269 e. The van der Waals surface area contributed by atoms with Crippen molar-refractivity contribution in [1.82, 2.24) is 10.9 Å². The van der Waals surface area contributed by atoms with E-state index in [1.54, 1.807) is 12.1 Å². The van der Waals surface area contributed by atoms with Crippen molar-refractivity contribution < 1.29 is 9.59 Å². The van der Waals surface area contributed by atoms with E-state index in [4.69, 9.17) is 0 Å². The van der Waals surface area contributed by atoms with Crippen LogP contribution in [0.4, 0.5) is 5.69 Å². The van der Waals surface area contributed by atoms with Gasteiger partial charge in [-0.05, 0) is 44.0 Å². The van der Waals surface area contributed by atoms with Gasteiger partial charge >= 0.3 is 0 Å². The summed E-state index contributed by atoms with van der Waals surface area (Å²) in [4.78, 5) is 25.9. The molecule has 1 aliphatic rings. The van der Waals surface area contributed by atoms with E-state index < -0.39 is 0 Å². The van der Waals surface area contributed by atoms with Crippen molar-refractivity contribution in [3.8, 4) is 0 Å². The van der Waals surface area contributed by atoms with Crippen molar-refractivity contribution in [2.75, 3.05) is 18.5 Å². The maximum Gasteiger partial charge on any atom is 0.269 e. The lowest BCUT2D eigenvalue weighted by atomic mass is 10.1. The quantitative estimate of drug-likeness (QED) is 0.834. The van der Waals surface area contributed by atoms with Gasteiger partial charge in [0, 0.05) is 30.8 Å². The van der Waals surface area contributed by atoms with E-state index in [-0.39, 0.29) is 17.7 Å². The van der Waals surface area contributed by atoms with Gasteiger partial charge in [0.15, 0.2) is 0 Å². The minimum atomic E-state index is -0.285. The van der Waals surface area contributed by atoms with Gasteiger partial charge in [0.05, 0.1) is 0 Å². The summed E-state index contributed by atoms with van der Waals surface area (Å²) in [6, 6.07) is 7.32. The SMILES string of the molecule is CCN(C)c1ccc(C(=O)NNC(=O)C2CCCC2)cc1. The van der Waals surface area contributed by atoms with Gasteiger partial charge in [0.25, 0.3) is 5.91 Å². The average Bonchev–Trinajstić information content (AvgIpc) is 3.06. The lowest BCUT2D eigenvalue weighted by Gasteiger charge is -2.17. The monoisotopic (exact) mass is 289 g/mol. The maximum atomic E-state index is 12.0. The summed E-state index contributed by atoms with van der Waals surface area (Å²) in [5.74, 6) is -0.318. The molecule has 1 aromatic carbocycles. The Morgan fingerprint density at radius 2 is 1.76 bits per heavy atom. The number of rotatable bonds is 4. The molecule has 0 radical (unpaired) electrons. The third-order valence-electron chi connectivity index (χ3n) is 4.07. The van der Waals surface area contributed by atoms with Crippen LogP contribution in [0.2, 0.25) is 0 Å². The fraction of sp³-hybridized carbons (Fsp3) is 0.500. The molecule has 1 aliphatic carbocycles. The Hall–Kier alpha value is -2.04. The van der Waals surface area contributed by atoms with Crippen LogP contribution in [0, 0.1) is 5.92 Å². The first kappa shape index (κ1) is 15.4. The summed E-state index contributed by atoms with van der Waals surface area (Å²) < 4.78 is 0. The second kappa shape index (κ2) is 7.11. The van der Waals surface area contributed by atoms with E-state index in [1.165, 1.54) is 0 Å². The Labute approximate surface area is 125 Å². The van der Waals surface area contributed by atoms with Crippen molar-refractivity contribution in [3.05, 3.63) is 29.8 Å². The Balaban J connectivity index is 1.86. The van der Waals surface area contributed by atoms with Gasteiger partial charge in [-0.3, -0.25) is 20.4 Å². The topological polar surface area (TPSA) is 61.4 Å². The summed E-state index contributed by atoms with van der Waals surface area (Å²) >= 11 is 0. The molecule has 2 rings (SSSR count). The van der Waals surface area contributed by atoms with Gasteiger partial charge < -0.3 is 4.90 Å². The standard InChI is InChI=1S/C16H23N3O2/c1-3-19(2)14-10-8-13(9-11-14)16(21)18-17-15(20)12-6-4-5-7-12/h8-12H,3-7H2,1-2H3,(H,17,20)(H,18,21). The van der Waals surface area contributed by atoms with Crippen LogP contribution in [0.3, 0.4) is 0 Å². The Bertz CT molecular complexity index is 493. The maximum absolute atomic E-state index is 12.0. The first-order chi connectivity index (χ1) is 10.1. The van der Waals surface area contributed by atoms with Gasteiger partial charge in [-0.15, -0.1) is 0 Å². The molecule has 0 spiro atoms. The van der Waals surface area contributed by atoms with Crippen molar-refractivity contribution in [1.29, 1.82) is 0 Å². The zero-order valence-corrected chi connectivity index (χ0v) is 12.7. The second-order valence-corrected chi connectivity index (χ2v) is 5.49. The fourth-order valence-corrected chi connectivity index (χ4v) is 2.53. The van der Waals surface area contributed by atoms with Gasteiger partial charge in [0.1, 0.15) is 0 Å². The summed E-state index contributed by atoms with van der Waals surface area (Å²) in [5.41, 5.74) is 6.61. The van der Waals surface area contributed by atoms with Crippen molar-refractivity contribution in [2.45, 2.75) is 32.6 Å². The summed E-state index contributed by atoms with van der Waals surface area (Å²) in [5, 5.41) is 0. The van der Waals surface area contributed by atoms with Crippen LogP contribution in [-0.2, 0) is 4.79 Å². The first-order valence-electron chi connectivity index (χ1n) is 7.53. The fourth-order valence-electron chi connectivity index (χ4n) is 2.53. The lowest BCUT2D eigenvalue weighted by Crippen LogP contribution is -2.44. The number of hydrogen-bond acceptors (Lipinski definition) is 3. The molecule has 0 unspecified atom stereocenters. The molecule has 0 atom stereocenters. The molecule has 114 valence electrons. The number of nitrogens with zero attached hydrogens (tertiary/aromatic N) is 1. The highest BCUT2D eigenvalue weighted by atomic mass is 16.2. The van der Waals surface area contributed by atoms with E-state index in [0.29, 0.717) is 5.56 Å². The van der Waals surface area contributed by atoms with Crippen LogP contribution in [0.1, 0.15) is 43.0 Å². The predicted octanol–water partition coefficient (Wildman–Crippen LogP) is 2.09. The van der Waals surface area contributed by atoms with E-state index in [2.05, 4.69) is 22.7 Å². The molecule has 0 saturated heterocycles. The molecule has 1 fully saturated rings. The third-order valence-corrected chi connectivity index (χ3v) is 4.07. The predicted molar refractivity (Wildman–Crippen MR) is 83.0 cm³/mol. The Kier molecular flexibility index (Phi) is 5.20. The van der Waals surface area contributed by atoms with E-state index >= 15 is 0 Å². The molecule has 1 aromatic rings. The number of amides is 2. The number of carbonyl (C=O) groups excluding carboxylic acids is 2. The highest BCUT2D eigenvalue weighted by Gasteiger charge is 2.22. The largest absolute Gasteiger partial charge is 0.375 e. The van der Waals surface area contributed by atoms with Crippen LogP contribution >= 0.6 is 0 Å². The molecule has 21 heavy (non-hydrogen) atoms. The van der Waals surface area contributed by atoms with Gasteiger partial charge in [-0.2, -0.15) is 0 Å². The molecule has 1 saturated carbocycles. The zero-order valence-electron chi connectivity index (χ0n) is 12.7. The van der Waals surface area contributed by atoms with E-state index in [9.17, 15) is 9.59 Å². The minimum absolute atomic E-state index is 0.0471. The van der Waals surface area contributed by atoms with Crippen LogP contribution in [-0.4, -0.2) is 25.4 Å². The van der Waals surface area contributed by atoms with Crippen LogP contribution in [0.15, 0.2) is 24.3 Å². The second-order valence-electron chi connectivity index (χ2n) is 5.49. The minimum Gasteiger partial charge on any atom is -0.375 e. The molecule has 2 amide bonds. The number of benzene rings is 1. The van der Waals surface area contributed by atoms with Crippen LogP contribution in [0.5, 0.6) is 0 Å². The Morgan fingerprint density at radius 3 is 2.33 bits per heavy atom. The molecule has 5 heteroatoms. The number of anilines is 1. The normalized spacial score (nSPS) is 14.8. The highest BCUT2D eigenvalue weighted by Crippen LogP contribution is 2.24. The summed E-state index contributed by atoms with van der Waals surface area (Å²) in [6.07, 6.45) is 4.02. The molecule has 0 heterocycles. The van der Waals surface area contributed by atoms with E-state index in [1.807, 2.05) is 19.2 Å². The molecule has 2 N–H and O–H groups in total. The van der Waals surface area contributed by atoms with Gasteiger partial charge in [-0.1, -0.05) is 12.8 Å². The zero-order chi connectivity index (χ0) is 15.2. The molecular weight excluding hydrogens is 266 g/mol. The van der Waals surface area contributed by atoms with Crippen molar-refractivity contribution in [3.63, 3.8) is 0 Å². The average molecular weight is 289 g/mol. The summed E-state index contributed by atoms with van der Waals surface area (Å²) in [7, 11) is 2.00. The molecule has 0 aliphatic heterocycles. The van der Waals surface area contributed by atoms with Crippen LogP contribution < -0.4 is 15.8 Å². The Morgan fingerprint density at radius 1 is 1.14 bits per heavy atom. The lowest BCUT2D eigenvalue weighted by molar-refractivity contribution is -0.125. The third kappa shape index (κ3) is 3.97. The van der Waals surface area contributed by atoms with Gasteiger partial charge in [-0.25, -0.2) is 0 Å². The molecule has 0 bridgehead atoms. The number of nitrogens with one attached hydrogen (secondary N) is 2. The molecule has 0 aromatic heterocycles. The van der Waals surface area contributed by atoms with Crippen molar-refractivity contribution >= 4 is 17.5 Å². The van der Waals surface area contributed by atoms with Gasteiger partial charge in [0.2, 0.25) is 5.91 Å². The highest BCUT2D eigenvalue weighted by molar-refractivity contribution is 5.95. The number of carbonyl (C=O) groups is 2. The number of hydrogen-bond donors (Lipinski definition) is 2. The van der Waals surface area contributed by atoms with E-state index in [0.717, 1.165) is 37.9 Å². The first-order valence-corrected chi connectivity index (χ1v) is 7.53. The van der Waals surface area contributed by atoms with Crippen LogP contribution in [0.25, 0.3) is 0 Å².